The smallest absolute Gasteiger partial charge is 0.235 e. The molecule has 0 amide bonds. The molecule has 80 valence electrons. The third-order valence-electron chi connectivity index (χ3n) is 1.54. The molecule has 0 spiro atoms. The molecule has 7 heteroatoms. The Bertz CT molecular complexity index is 404. The van der Waals surface area contributed by atoms with Gasteiger partial charge in [-0.1, -0.05) is 6.07 Å². The quantitative estimate of drug-likeness (QED) is 0.685. The van der Waals surface area contributed by atoms with E-state index in [1.807, 2.05) is 0 Å². The highest BCUT2D eigenvalue weighted by Crippen LogP contribution is 2.42. The van der Waals surface area contributed by atoms with Crippen LogP contribution in [0.5, 0.6) is 0 Å². The van der Waals surface area contributed by atoms with Crippen molar-refractivity contribution in [2.24, 2.45) is 0 Å². The van der Waals surface area contributed by atoms with E-state index in [0.717, 1.165) is 12.1 Å². The molecule has 15 heavy (non-hydrogen) atoms. The van der Waals surface area contributed by atoms with E-state index in [4.69, 9.17) is 5.26 Å². The number of aromatic nitrogens is 1. The van der Waals surface area contributed by atoms with Crippen LogP contribution in [0.3, 0.4) is 0 Å². The zero-order chi connectivity index (χ0) is 11.7. The summed E-state index contributed by atoms with van der Waals surface area (Å²) in [5, 5.41) is 8.29. The summed E-state index contributed by atoms with van der Waals surface area (Å²) in [7, 11) is 0. The second kappa shape index (κ2) is 3.46. The summed E-state index contributed by atoms with van der Waals surface area (Å²) in [6.45, 7) is 0. The number of rotatable bonds is 1. The van der Waals surface area contributed by atoms with Crippen molar-refractivity contribution in [3.8, 4) is 6.07 Å². The molecule has 1 heterocycles. The molecule has 0 radical (unpaired) electrons. The van der Waals surface area contributed by atoms with Crippen LogP contribution in [0.4, 0.5) is 22.0 Å². The number of pyridine rings is 1. The molecular formula is C8H3F5N2. The molecule has 0 N–H and O–H groups in total. The van der Waals surface area contributed by atoms with E-state index < -0.39 is 23.5 Å². The molecule has 0 aromatic carbocycles. The fourth-order valence-electron chi connectivity index (χ4n) is 0.817. The lowest BCUT2D eigenvalue weighted by Crippen LogP contribution is -2.34. The summed E-state index contributed by atoms with van der Waals surface area (Å²) in [5.41, 5.74) is -1.97. The summed E-state index contributed by atoms with van der Waals surface area (Å²) in [6.07, 6.45) is -5.71. The fraction of sp³-hybridized carbons (Fsp3) is 0.250. The molecule has 0 aliphatic heterocycles. The second-order valence-electron chi connectivity index (χ2n) is 2.59. The first-order valence-electron chi connectivity index (χ1n) is 3.61. The number of hydrogen-bond donors (Lipinski definition) is 0. The van der Waals surface area contributed by atoms with E-state index in [-0.39, 0.29) is 0 Å². The highest BCUT2D eigenvalue weighted by Gasteiger charge is 2.59. The van der Waals surface area contributed by atoms with Crippen molar-refractivity contribution in [3.05, 3.63) is 29.6 Å². The first kappa shape index (κ1) is 11.4. The first-order chi connectivity index (χ1) is 6.79. The molecule has 0 unspecified atom stereocenters. The van der Waals surface area contributed by atoms with Gasteiger partial charge in [0, 0.05) is 0 Å². The zero-order valence-electron chi connectivity index (χ0n) is 7.02. The third kappa shape index (κ3) is 2.03. The minimum atomic E-state index is -5.71. The van der Waals surface area contributed by atoms with E-state index in [1.165, 1.54) is 6.07 Å². The van der Waals surface area contributed by atoms with Crippen molar-refractivity contribution in [2.75, 3.05) is 0 Å². The van der Waals surface area contributed by atoms with Crippen molar-refractivity contribution in [2.45, 2.75) is 12.1 Å². The maximum absolute atomic E-state index is 12.7. The molecule has 1 aromatic heterocycles. The van der Waals surface area contributed by atoms with Gasteiger partial charge in [-0.15, -0.1) is 0 Å². The largest absolute Gasteiger partial charge is 0.459 e. The Morgan fingerprint density at radius 1 is 1.13 bits per heavy atom. The molecule has 0 aliphatic carbocycles. The summed E-state index contributed by atoms with van der Waals surface area (Å²) >= 11 is 0. The Hall–Kier alpha value is -1.71. The van der Waals surface area contributed by atoms with Crippen LogP contribution in [0.15, 0.2) is 18.2 Å². The SMILES string of the molecule is N#Cc1cccc(C(F)(F)C(F)(F)F)n1. The van der Waals surface area contributed by atoms with Crippen LogP contribution in [0.25, 0.3) is 0 Å². The minimum Gasteiger partial charge on any atom is -0.235 e. The van der Waals surface area contributed by atoms with Crippen LogP contribution in [0.2, 0.25) is 0 Å². The normalized spacial score (nSPS) is 12.3. The predicted molar refractivity (Wildman–Crippen MR) is 38.9 cm³/mol. The number of nitrogens with zero attached hydrogens (tertiary/aromatic N) is 2. The maximum atomic E-state index is 12.7. The van der Waals surface area contributed by atoms with Crippen molar-refractivity contribution in [1.82, 2.24) is 4.98 Å². The molecule has 0 fully saturated rings. The lowest BCUT2D eigenvalue weighted by Gasteiger charge is -2.18. The Kier molecular flexibility index (Phi) is 2.62. The van der Waals surface area contributed by atoms with Gasteiger partial charge in [0.25, 0.3) is 0 Å². The summed E-state index contributed by atoms with van der Waals surface area (Å²) in [6, 6.07) is 3.86. The Balaban J connectivity index is 3.23. The van der Waals surface area contributed by atoms with Gasteiger partial charge in [-0.3, -0.25) is 0 Å². The summed E-state index contributed by atoms with van der Waals surface area (Å²) in [5.74, 6) is -5.04. The Morgan fingerprint density at radius 2 is 1.73 bits per heavy atom. The van der Waals surface area contributed by atoms with Gasteiger partial charge in [-0.25, -0.2) is 4.98 Å². The molecule has 0 aliphatic rings. The van der Waals surface area contributed by atoms with E-state index >= 15 is 0 Å². The number of halogens is 5. The van der Waals surface area contributed by atoms with Gasteiger partial charge in [0.15, 0.2) is 0 Å². The van der Waals surface area contributed by atoms with Crippen LogP contribution in [0, 0.1) is 11.3 Å². The lowest BCUT2D eigenvalue weighted by molar-refractivity contribution is -0.290. The zero-order valence-corrected chi connectivity index (χ0v) is 7.02. The Morgan fingerprint density at radius 3 is 2.20 bits per heavy atom. The van der Waals surface area contributed by atoms with Crippen LogP contribution in [-0.2, 0) is 5.92 Å². The molecule has 0 atom stereocenters. The monoisotopic (exact) mass is 222 g/mol. The van der Waals surface area contributed by atoms with Gasteiger partial charge in [-0.2, -0.15) is 27.2 Å². The maximum Gasteiger partial charge on any atom is 0.459 e. The topological polar surface area (TPSA) is 36.7 Å². The minimum absolute atomic E-state index is 0.489. The average molecular weight is 222 g/mol. The fourth-order valence-corrected chi connectivity index (χ4v) is 0.817. The highest BCUT2D eigenvalue weighted by molar-refractivity contribution is 5.24. The van der Waals surface area contributed by atoms with Crippen molar-refractivity contribution >= 4 is 0 Å². The average Bonchev–Trinajstić information content (AvgIpc) is 2.16. The molecule has 0 bridgehead atoms. The van der Waals surface area contributed by atoms with Crippen LogP contribution < -0.4 is 0 Å². The van der Waals surface area contributed by atoms with Crippen molar-refractivity contribution < 1.29 is 22.0 Å². The third-order valence-corrected chi connectivity index (χ3v) is 1.54. The van der Waals surface area contributed by atoms with Crippen LogP contribution >= 0.6 is 0 Å². The van der Waals surface area contributed by atoms with Gasteiger partial charge in [0.2, 0.25) is 0 Å². The van der Waals surface area contributed by atoms with Gasteiger partial charge in [-0.05, 0) is 12.1 Å². The van der Waals surface area contributed by atoms with Gasteiger partial charge >= 0.3 is 12.1 Å². The van der Waals surface area contributed by atoms with E-state index in [9.17, 15) is 22.0 Å². The van der Waals surface area contributed by atoms with Gasteiger partial charge in [0.05, 0.1) is 0 Å². The number of nitriles is 1. The van der Waals surface area contributed by atoms with Crippen LogP contribution in [-0.4, -0.2) is 11.2 Å². The second-order valence-corrected chi connectivity index (χ2v) is 2.59. The van der Waals surface area contributed by atoms with Gasteiger partial charge < -0.3 is 0 Å². The molecule has 2 nitrogen and oxygen atoms in total. The summed E-state index contributed by atoms with van der Waals surface area (Å²) < 4.78 is 61.0. The Labute approximate surface area is 81.0 Å². The number of hydrogen-bond acceptors (Lipinski definition) is 2. The predicted octanol–water partition coefficient (Wildman–Crippen LogP) is 2.61. The van der Waals surface area contributed by atoms with Crippen molar-refractivity contribution in [3.63, 3.8) is 0 Å². The first-order valence-corrected chi connectivity index (χ1v) is 3.61. The molecule has 0 saturated heterocycles. The van der Waals surface area contributed by atoms with Crippen LogP contribution in [0.1, 0.15) is 11.4 Å². The lowest BCUT2D eigenvalue weighted by atomic mass is 10.2. The van der Waals surface area contributed by atoms with E-state index in [2.05, 4.69) is 4.98 Å². The molecule has 1 aromatic rings. The molecule has 1 rings (SSSR count). The van der Waals surface area contributed by atoms with E-state index in [1.54, 1.807) is 0 Å². The summed E-state index contributed by atoms with van der Waals surface area (Å²) in [4.78, 5) is 2.90. The molecular weight excluding hydrogens is 219 g/mol. The number of alkyl halides is 5. The highest BCUT2D eigenvalue weighted by atomic mass is 19.4. The standard InChI is InChI=1S/C8H3F5N2/c9-7(10,8(11,12)13)6-3-1-2-5(4-14)15-6/h1-3H. The van der Waals surface area contributed by atoms with Gasteiger partial charge in [0.1, 0.15) is 17.5 Å². The van der Waals surface area contributed by atoms with E-state index in [0.29, 0.717) is 6.07 Å². The van der Waals surface area contributed by atoms with Crippen molar-refractivity contribution in [1.29, 1.82) is 5.26 Å². The molecule has 0 saturated carbocycles.